The first-order chi connectivity index (χ1) is 14.7. The fourth-order valence-corrected chi connectivity index (χ4v) is 5.41. The van der Waals surface area contributed by atoms with E-state index in [0.29, 0.717) is 13.1 Å². The summed E-state index contributed by atoms with van der Waals surface area (Å²) in [7, 11) is 0. The molecule has 3 aromatic rings. The van der Waals surface area contributed by atoms with E-state index in [1.165, 1.54) is 16.9 Å². The molecule has 6 heteroatoms. The first kappa shape index (κ1) is 20.8. The van der Waals surface area contributed by atoms with Gasteiger partial charge in [-0.2, -0.15) is 0 Å². The van der Waals surface area contributed by atoms with Crippen molar-refractivity contribution in [1.82, 2.24) is 10.2 Å². The lowest BCUT2D eigenvalue weighted by Gasteiger charge is -2.32. The van der Waals surface area contributed by atoms with Crippen molar-refractivity contribution in [2.24, 2.45) is 5.92 Å². The molecule has 0 unspecified atom stereocenters. The highest BCUT2D eigenvalue weighted by Gasteiger charge is 2.31. The summed E-state index contributed by atoms with van der Waals surface area (Å²) in [6.07, 6.45) is 2.66. The number of hydrogen-bond donors (Lipinski definition) is 1. The molecule has 1 aliphatic heterocycles. The molecule has 3 heterocycles. The lowest BCUT2D eigenvalue weighted by atomic mass is 9.95. The zero-order valence-corrected chi connectivity index (χ0v) is 18.7. The Balaban J connectivity index is 1.48. The van der Waals surface area contributed by atoms with E-state index in [-0.39, 0.29) is 23.8 Å². The summed E-state index contributed by atoms with van der Waals surface area (Å²) in [5.41, 5.74) is 2.37. The van der Waals surface area contributed by atoms with Crippen LogP contribution in [0.15, 0.2) is 59.3 Å². The maximum absolute atomic E-state index is 13.2. The summed E-state index contributed by atoms with van der Waals surface area (Å²) in [6.45, 7) is 3.34. The van der Waals surface area contributed by atoms with Gasteiger partial charge in [0.05, 0.1) is 16.8 Å². The Labute approximate surface area is 185 Å². The number of nitrogens with one attached hydrogen (secondary N) is 1. The highest BCUT2D eigenvalue weighted by Crippen LogP contribution is 2.28. The number of carbonyl (C=O) groups is 2. The van der Waals surface area contributed by atoms with Crippen molar-refractivity contribution < 1.29 is 9.59 Å². The number of aryl methyl sites for hydroxylation is 1. The summed E-state index contributed by atoms with van der Waals surface area (Å²) < 4.78 is 0. The largest absolute Gasteiger partial charge is 0.344 e. The van der Waals surface area contributed by atoms with Gasteiger partial charge in [0.25, 0.3) is 5.91 Å². The van der Waals surface area contributed by atoms with Crippen LogP contribution in [0.5, 0.6) is 0 Å². The molecule has 1 aliphatic rings. The molecule has 0 aliphatic carbocycles. The molecule has 1 fully saturated rings. The molecule has 4 rings (SSSR count). The molecule has 0 radical (unpaired) electrons. The van der Waals surface area contributed by atoms with Crippen molar-refractivity contribution in [3.8, 4) is 0 Å². The Hall–Kier alpha value is -2.44. The normalized spacial score (nSPS) is 17.5. The van der Waals surface area contributed by atoms with Crippen LogP contribution in [-0.4, -0.2) is 29.8 Å². The molecular formula is C24H26N2O2S2. The average Bonchev–Trinajstić information content (AvgIpc) is 3.51. The molecule has 0 spiro atoms. The van der Waals surface area contributed by atoms with Gasteiger partial charge in [0.15, 0.2) is 0 Å². The van der Waals surface area contributed by atoms with Crippen LogP contribution in [0, 0.1) is 5.92 Å². The summed E-state index contributed by atoms with van der Waals surface area (Å²) >= 11 is 3.10. The lowest BCUT2D eigenvalue weighted by Crippen LogP contribution is -2.46. The molecule has 1 N–H and O–H groups in total. The fourth-order valence-electron chi connectivity index (χ4n) is 3.91. The number of hydrogen-bond acceptors (Lipinski definition) is 4. The van der Waals surface area contributed by atoms with Crippen molar-refractivity contribution in [2.75, 3.05) is 13.1 Å². The predicted molar refractivity (Wildman–Crippen MR) is 123 cm³/mol. The highest BCUT2D eigenvalue weighted by atomic mass is 32.1. The van der Waals surface area contributed by atoms with E-state index < -0.39 is 0 Å². The number of piperidine rings is 1. The van der Waals surface area contributed by atoms with Crippen LogP contribution in [0.4, 0.5) is 0 Å². The summed E-state index contributed by atoms with van der Waals surface area (Å²) in [5, 5.41) is 7.23. The monoisotopic (exact) mass is 438 g/mol. The molecule has 30 heavy (non-hydrogen) atoms. The van der Waals surface area contributed by atoms with E-state index in [0.717, 1.165) is 34.6 Å². The van der Waals surface area contributed by atoms with Gasteiger partial charge in [-0.3, -0.25) is 9.59 Å². The van der Waals surface area contributed by atoms with Crippen LogP contribution < -0.4 is 5.32 Å². The van der Waals surface area contributed by atoms with Crippen molar-refractivity contribution in [2.45, 2.75) is 32.2 Å². The highest BCUT2D eigenvalue weighted by molar-refractivity contribution is 7.12. The van der Waals surface area contributed by atoms with Gasteiger partial charge < -0.3 is 10.2 Å². The van der Waals surface area contributed by atoms with Crippen molar-refractivity contribution >= 4 is 34.5 Å². The van der Waals surface area contributed by atoms with Gasteiger partial charge in [-0.05, 0) is 53.3 Å². The van der Waals surface area contributed by atoms with Gasteiger partial charge >= 0.3 is 0 Å². The standard InChI is InChI=1S/C24H26N2O2S2/c1-2-17-9-11-18(12-10-17)22(20-7-4-14-29-20)25-23(27)19-6-3-13-26(16-19)24(28)21-8-5-15-30-21/h4-5,7-12,14-15,19,22H,2-3,6,13,16H2,1H3,(H,25,27)/t19-,22-/m0/s1. The van der Waals surface area contributed by atoms with Crippen LogP contribution in [0.2, 0.25) is 0 Å². The first-order valence-electron chi connectivity index (χ1n) is 10.4. The smallest absolute Gasteiger partial charge is 0.263 e. The second-order valence-electron chi connectivity index (χ2n) is 7.62. The second kappa shape index (κ2) is 9.58. The van der Waals surface area contributed by atoms with Crippen LogP contribution in [0.1, 0.15) is 51.5 Å². The minimum atomic E-state index is -0.181. The Bertz CT molecular complexity index is 965. The molecule has 0 saturated carbocycles. The number of nitrogens with zero attached hydrogens (tertiary/aromatic N) is 1. The lowest BCUT2D eigenvalue weighted by molar-refractivity contribution is -0.126. The zero-order valence-electron chi connectivity index (χ0n) is 17.0. The van der Waals surface area contributed by atoms with E-state index in [2.05, 4.69) is 42.6 Å². The van der Waals surface area contributed by atoms with E-state index in [1.54, 1.807) is 11.3 Å². The molecule has 2 atom stereocenters. The zero-order chi connectivity index (χ0) is 20.9. The van der Waals surface area contributed by atoms with Crippen LogP contribution in [0.3, 0.4) is 0 Å². The Morgan fingerprint density at radius 3 is 2.53 bits per heavy atom. The quantitative estimate of drug-likeness (QED) is 0.580. The summed E-state index contributed by atoms with van der Waals surface area (Å²) in [5.74, 6) is -0.121. The van der Waals surface area contributed by atoms with Crippen LogP contribution >= 0.6 is 22.7 Å². The summed E-state index contributed by atoms with van der Waals surface area (Å²) in [6, 6.07) is 16.1. The van der Waals surface area contributed by atoms with Crippen molar-refractivity contribution in [1.29, 1.82) is 0 Å². The number of benzene rings is 1. The topological polar surface area (TPSA) is 49.4 Å². The van der Waals surface area contributed by atoms with Gasteiger partial charge in [-0.1, -0.05) is 43.3 Å². The second-order valence-corrected chi connectivity index (χ2v) is 9.55. The predicted octanol–water partition coefficient (Wildman–Crippen LogP) is 5.13. The van der Waals surface area contributed by atoms with Gasteiger partial charge in [-0.15, -0.1) is 22.7 Å². The Morgan fingerprint density at radius 1 is 1.10 bits per heavy atom. The number of likely N-dealkylation sites (tertiary alicyclic amines) is 1. The SMILES string of the molecule is CCc1ccc([C@H](NC(=O)[C@H]2CCCN(C(=O)c3cccs3)C2)c2cccs2)cc1. The third-order valence-electron chi connectivity index (χ3n) is 5.65. The molecule has 1 aromatic carbocycles. The Morgan fingerprint density at radius 2 is 1.87 bits per heavy atom. The minimum Gasteiger partial charge on any atom is -0.344 e. The van der Waals surface area contributed by atoms with Crippen LogP contribution in [0.25, 0.3) is 0 Å². The fraction of sp³-hybridized carbons (Fsp3) is 0.333. The summed E-state index contributed by atoms with van der Waals surface area (Å²) in [4.78, 5) is 29.6. The van der Waals surface area contributed by atoms with Crippen LogP contribution in [-0.2, 0) is 11.2 Å². The number of carbonyl (C=O) groups excluding carboxylic acids is 2. The molecule has 4 nitrogen and oxygen atoms in total. The van der Waals surface area contributed by atoms with Crippen molar-refractivity contribution in [3.63, 3.8) is 0 Å². The minimum absolute atomic E-state index is 0.0247. The third kappa shape index (κ3) is 4.65. The molecule has 0 bridgehead atoms. The van der Waals surface area contributed by atoms with Crippen molar-refractivity contribution in [3.05, 3.63) is 80.2 Å². The molecule has 156 valence electrons. The van der Waals surface area contributed by atoms with E-state index in [9.17, 15) is 9.59 Å². The third-order valence-corrected chi connectivity index (χ3v) is 7.44. The van der Waals surface area contributed by atoms with Gasteiger partial charge in [0, 0.05) is 18.0 Å². The van der Waals surface area contributed by atoms with E-state index in [4.69, 9.17) is 0 Å². The van der Waals surface area contributed by atoms with Gasteiger partial charge in [0.2, 0.25) is 5.91 Å². The number of thiophene rings is 2. The number of rotatable bonds is 6. The Kier molecular flexibility index (Phi) is 6.65. The van der Waals surface area contributed by atoms with E-state index in [1.807, 2.05) is 33.9 Å². The molecular weight excluding hydrogens is 412 g/mol. The molecule has 1 saturated heterocycles. The molecule has 2 amide bonds. The first-order valence-corrected chi connectivity index (χ1v) is 12.2. The number of amides is 2. The maximum atomic E-state index is 13.2. The van der Waals surface area contributed by atoms with Gasteiger partial charge in [0.1, 0.15) is 0 Å². The average molecular weight is 439 g/mol. The maximum Gasteiger partial charge on any atom is 0.263 e. The van der Waals surface area contributed by atoms with E-state index >= 15 is 0 Å². The van der Waals surface area contributed by atoms with Gasteiger partial charge in [-0.25, -0.2) is 0 Å². The molecule has 2 aromatic heterocycles.